The van der Waals surface area contributed by atoms with Crippen LogP contribution < -0.4 is 4.74 Å². The predicted molar refractivity (Wildman–Crippen MR) is 67.9 cm³/mol. The first-order valence-corrected chi connectivity index (χ1v) is 5.84. The minimum Gasteiger partial charge on any atom is -0.504 e. The fourth-order valence-corrected chi connectivity index (χ4v) is 1.63. The maximum Gasteiger partial charge on any atom is 0.364 e. The minimum atomic E-state index is -1.18. The summed E-state index contributed by atoms with van der Waals surface area (Å²) in [4.78, 5) is 22.8. The summed E-state index contributed by atoms with van der Waals surface area (Å²) in [7, 11) is 0. The van der Waals surface area contributed by atoms with Crippen LogP contribution in [0.1, 0.15) is 27.9 Å². The molecule has 104 valence electrons. The van der Waals surface area contributed by atoms with Crippen LogP contribution in [0.25, 0.3) is 0 Å². The van der Waals surface area contributed by atoms with Crippen molar-refractivity contribution in [2.45, 2.75) is 13.5 Å². The SMILES string of the molecule is CCn1nc(C(=O)Oc2ccccc2O)cc1C(=O)O. The Morgan fingerprint density at radius 2 is 2.05 bits per heavy atom. The number of carboxylic acid groups (broad SMARTS) is 1. The number of aryl methyl sites for hydroxylation is 1. The van der Waals surface area contributed by atoms with E-state index in [1.165, 1.54) is 16.8 Å². The van der Waals surface area contributed by atoms with Crippen molar-refractivity contribution >= 4 is 11.9 Å². The lowest BCUT2D eigenvalue weighted by Crippen LogP contribution is -2.11. The molecule has 1 aromatic carbocycles. The van der Waals surface area contributed by atoms with E-state index in [0.29, 0.717) is 6.54 Å². The standard InChI is InChI=1S/C13H12N2O5/c1-2-15-9(12(17)18)7-8(14-15)13(19)20-11-6-4-3-5-10(11)16/h3-7,16H,2H2,1H3,(H,17,18). The third-order valence-corrected chi connectivity index (χ3v) is 2.58. The van der Waals surface area contributed by atoms with Crippen molar-refractivity contribution in [2.75, 3.05) is 0 Å². The third-order valence-electron chi connectivity index (χ3n) is 2.58. The largest absolute Gasteiger partial charge is 0.504 e. The fourth-order valence-electron chi connectivity index (χ4n) is 1.63. The normalized spacial score (nSPS) is 10.2. The molecule has 1 aromatic heterocycles. The van der Waals surface area contributed by atoms with Gasteiger partial charge in [0.1, 0.15) is 5.69 Å². The van der Waals surface area contributed by atoms with Crippen LogP contribution in [0.2, 0.25) is 0 Å². The van der Waals surface area contributed by atoms with Crippen LogP contribution in [0.15, 0.2) is 30.3 Å². The van der Waals surface area contributed by atoms with Crippen LogP contribution in [0.3, 0.4) is 0 Å². The molecule has 2 aromatic rings. The van der Waals surface area contributed by atoms with Gasteiger partial charge in [-0.15, -0.1) is 0 Å². The first-order chi connectivity index (χ1) is 9.52. The van der Waals surface area contributed by atoms with Gasteiger partial charge in [-0.3, -0.25) is 4.68 Å². The zero-order valence-corrected chi connectivity index (χ0v) is 10.6. The summed E-state index contributed by atoms with van der Waals surface area (Å²) < 4.78 is 6.15. The number of phenols is 1. The zero-order chi connectivity index (χ0) is 14.7. The molecule has 20 heavy (non-hydrogen) atoms. The Hall–Kier alpha value is -2.83. The predicted octanol–water partition coefficient (Wildman–Crippen LogP) is 1.53. The second-order valence-electron chi connectivity index (χ2n) is 3.89. The lowest BCUT2D eigenvalue weighted by atomic mass is 10.3. The lowest BCUT2D eigenvalue weighted by molar-refractivity contribution is 0.0681. The van der Waals surface area contributed by atoms with Crippen molar-refractivity contribution in [3.8, 4) is 11.5 Å². The van der Waals surface area contributed by atoms with Crippen LogP contribution in [0.5, 0.6) is 11.5 Å². The van der Waals surface area contributed by atoms with Gasteiger partial charge in [-0.2, -0.15) is 5.10 Å². The van der Waals surface area contributed by atoms with Gasteiger partial charge in [-0.1, -0.05) is 12.1 Å². The molecule has 1 heterocycles. The molecule has 0 unspecified atom stereocenters. The maximum absolute atomic E-state index is 11.9. The highest BCUT2D eigenvalue weighted by atomic mass is 16.5. The molecular weight excluding hydrogens is 264 g/mol. The van der Waals surface area contributed by atoms with Gasteiger partial charge in [-0.05, 0) is 19.1 Å². The smallest absolute Gasteiger partial charge is 0.364 e. The summed E-state index contributed by atoms with van der Waals surface area (Å²) >= 11 is 0. The Balaban J connectivity index is 2.26. The molecule has 0 saturated carbocycles. The Bertz CT molecular complexity index is 663. The number of carbonyl (C=O) groups excluding carboxylic acids is 1. The first kappa shape index (κ1) is 13.6. The maximum atomic E-state index is 11.9. The Morgan fingerprint density at radius 1 is 1.35 bits per heavy atom. The monoisotopic (exact) mass is 276 g/mol. The van der Waals surface area contributed by atoms with Crippen molar-refractivity contribution in [3.63, 3.8) is 0 Å². The number of carbonyl (C=O) groups is 2. The topological polar surface area (TPSA) is 102 Å². The molecule has 0 aliphatic heterocycles. The van der Waals surface area contributed by atoms with Gasteiger partial charge < -0.3 is 14.9 Å². The van der Waals surface area contributed by atoms with Crippen molar-refractivity contribution in [2.24, 2.45) is 0 Å². The summed E-state index contributed by atoms with van der Waals surface area (Å²) in [6, 6.07) is 7.10. The van der Waals surface area contributed by atoms with Crippen LogP contribution in [-0.4, -0.2) is 31.9 Å². The van der Waals surface area contributed by atoms with Gasteiger partial charge in [0.15, 0.2) is 17.2 Å². The van der Waals surface area contributed by atoms with Gasteiger partial charge in [0.25, 0.3) is 0 Å². The molecule has 0 atom stereocenters. The lowest BCUT2D eigenvalue weighted by Gasteiger charge is -2.03. The van der Waals surface area contributed by atoms with E-state index >= 15 is 0 Å². The molecule has 2 rings (SSSR count). The summed E-state index contributed by atoms with van der Waals surface area (Å²) in [5.41, 5.74) is -0.232. The number of rotatable bonds is 4. The highest BCUT2D eigenvalue weighted by Gasteiger charge is 2.20. The number of esters is 1. The number of phenolic OH excluding ortho intramolecular Hbond substituents is 1. The highest BCUT2D eigenvalue weighted by molar-refractivity contribution is 5.93. The van der Waals surface area contributed by atoms with Gasteiger partial charge in [-0.25, -0.2) is 9.59 Å². The summed E-state index contributed by atoms with van der Waals surface area (Å²) in [5, 5.41) is 22.3. The van der Waals surface area contributed by atoms with Crippen LogP contribution in [-0.2, 0) is 6.54 Å². The summed E-state index contributed by atoms with van der Waals surface area (Å²) in [6.07, 6.45) is 0. The average Bonchev–Trinajstić information content (AvgIpc) is 2.86. The average molecular weight is 276 g/mol. The molecule has 0 spiro atoms. The molecule has 7 nitrogen and oxygen atoms in total. The molecule has 0 radical (unpaired) electrons. The Morgan fingerprint density at radius 3 is 2.60 bits per heavy atom. The first-order valence-electron chi connectivity index (χ1n) is 5.84. The third kappa shape index (κ3) is 2.61. The number of aromatic hydroxyl groups is 1. The molecule has 0 amide bonds. The van der Waals surface area contributed by atoms with E-state index in [2.05, 4.69) is 5.10 Å². The highest BCUT2D eigenvalue weighted by Crippen LogP contribution is 2.25. The number of carboxylic acids is 1. The van der Waals surface area contributed by atoms with E-state index in [1.807, 2.05) is 0 Å². The van der Waals surface area contributed by atoms with Crippen molar-refractivity contribution < 1.29 is 24.5 Å². The van der Waals surface area contributed by atoms with Gasteiger partial charge in [0.05, 0.1) is 0 Å². The van der Waals surface area contributed by atoms with E-state index in [9.17, 15) is 14.7 Å². The van der Waals surface area contributed by atoms with E-state index in [-0.39, 0.29) is 22.9 Å². The van der Waals surface area contributed by atoms with Gasteiger partial charge in [0.2, 0.25) is 0 Å². The number of benzene rings is 1. The van der Waals surface area contributed by atoms with E-state index < -0.39 is 11.9 Å². The Kier molecular flexibility index (Phi) is 3.69. The number of hydrogen-bond acceptors (Lipinski definition) is 5. The number of para-hydroxylation sites is 2. The number of hydrogen-bond donors (Lipinski definition) is 2. The zero-order valence-electron chi connectivity index (χ0n) is 10.6. The van der Waals surface area contributed by atoms with E-state index in [4.69, 9.17) is 9.84 Å². The Labute approximate surface area is 114 Å². The molecule has 0 saturated heterocycles. The fraction of sp³-hybridized carbons (Fsp3) is 0.154. The van der Waals surface area contributed by atoms with E-state index in [0.717, 1.165) is 6.07 Å². The molecule has 0 bridgehead atoms. The van der Waals surface area contributed by atoms with Crippen LogP contribution in [0.4, 0.5) is 0 Å². The van der Waals surface area contributed by atoms with Gasteiger partial charge >= 0.3 is 11.9 Å². The second kappa shape index (κ2) is 5.43. The molecule has 7 heteroatoms. The van der Waals surface area contributed by atoms with Crippen LogP contribution >= 0.6 is 0 Å². The quantitative estimate of drug-likeness (QED) is 0.648. The van der Waals surface area contributed by atoms with Crippen molar-refractivity contribution in [1.29, 1.82) is 0 Å². The number of ether oxygens (including phenoxy) is 1. The van der Waals surface area contributed by atoms with E-state index in [1.54, 1.807) is 19.1 Å². The molecule has 2 N–H and O–H groups in total. The van der Waals surface area contributed by atoms with Crippen LogP contribution in [0, 0.1) is 0 Å². The van der Waals surface area contributed by atoms with Crippen molar-refractivity contribution in [3.05, 3.63) is 41.7 Å². The minimum absolute atomic E-state index is 0.0135. The summed E-state index contributed by atoms with van der Waals surface area (Å²) in [5.74, 6) is -2.21. The number of aromatic carboxylic acids is 1. The molecule has 0 aliphatic rings. The number of nitrogens with zero attached hydrogens (tertiary/aromatic N) is 2. The number of aromatic nitrogens is 2. The molecule has 0 fully saturated rings. The van der Waals surface area contributed by atoms with Crippen molar-refractivity contribution in [1.82, 2.24) is 9.78 Å². The molecular formula is C13H12N2O5. The summed E-state index contributed by atoms with van der Waals surface area (Å²) in [6.45, 7) is 2.02. The van der Waals surface area contributed by atoms with Gasteiger partial charge in [0, 0.05) is 12.6 Å². The second-order valence-corrected chi connectivity index (χ2v) is 3.89. The molecule has 0 aliphatic carbocycles.